The standard InChI is InChI=1S/C9H20O2/c1-4-8(3)6-11-7-9(10)5-2/h8-10H,4-7H2,1-3H3. The minimum absolute atomic E-state index is 0.279. The fraction of sp³-hybridized carbons (Fsp3) is 1.00. The molecule has 0 aliphatic heterocycles. The van der Waals surface area contributed by atoms with E-state index in [9.17, 15) is 0 Å². The second-order valence-electron chi connectivity index (χ2n) is 3.11. The van der Waals surface area contributed by atoms with E-state index in [1.807, 2.05) is 6.92 Å². The molecule has 1 N–H and O–H groups in total. The first-order valence-electron chi connectivity index (χ1n) is 4.46. The second-order valence-corrected chi connectivity index (χ2v) is 3.11. The van der Waals surface area contributed by atoms with E-state index in [2.05, 4.69) is 13.8 Å². The predicted molar refractivity (Wildman–Crippen MR) is 46.6 cm³/mol. The Bertz CT molecular complexity index is 73.6. The summed E-state index contributed by atoms with van der Waals surface area (Å²) in [5.41, 5.74) is 0. The number of hydrogen-bond donors (Lipinski definition) is 1. The van der Waals surface area contributed by atoms with Gasteiger partial charge in [-0.3, -0.25) is 0 Å². The third-order valence-corrected chi connectivity index (χ3v) is 1.88. The van der Waals surface area contributed by atoms with E-state index < -0.39 is 0 Å². The molecule has 0 amide bonds. The van der Waals surface area contributed by atoms with Gasteiger partial charge >= 0.3 is 0 Å². The van der Waals surface area contributed by atoms with Crippen molar-refractivity contribution in [3.63, 3.8) is 0 Å². The molecule has 0 saturated carbocycles. The van der Waals surface area contributed by atoms with Gasteiger partial charge in [0.2, 0.25) is 0 Å². The summed E-state index contributed by atoms with van der Waals surface area (Å²) in [6, 6.07) is 0. The highest BCUT2D eigenvalue weighted by atomic mass is 16.5. The maximum absolute atomic E-state index is 9.12. The first kappa shape index (κ1) is 10.9. The minimum Gasteiger partial charge on any atom is -0.391 e. The number of ether oxygens (including phenoxy) is 1. The van der Waals surface area contributed by atoms with E-state index in [1.165, 1.54) is 0 Å². The number of aliphatic hydroxyl groups excluding tert-OH is 1. The molecule has 0 rings (SSSR count). The Morgan fingerprint density at radius 3 is 2.27 bits per heavy atom. The number of hydrogen-bond acceptors (Lipinski definition) is 2. The highest BCUT2D eigenvalue weighted by molar-refractivity contribution is 4.51. The summed E-state index contributed by atoms with van der Waals surface area (Å²) >= 11 is 0. The first-order valence-corrected chi connectivity index (χ1v) is 4.46. The summed E-state index contributed by atoms with van der Waals surface area (Å²) in [5.74, 6) is 0.610. The van der Waals surface area contributed by atoms with Gasteiger partial charge in [-0.25, -0.2) is 0 Å². The van der Waals surface area contributed by atoms with Crippen molar-refractivity contribution in [3.8, 4) is 0 Å². The Labute approximate surface area is 69.6 Å². The van der Waals surface area contributed by atoms with Crippen LogP contribution in [-0.2, 0) is 4.74 Å². The largest absolute Gasteiger partial charge is 0.391 e. The zero-order chi connectivity index (χ0) is 8.69. The summed E-state index contributed by atoms with van der Waals surface area (Å²) in [4.78, 5) is 0. The molecule has 11 heavy (non-hydrogen) atoms. The molecule has 0 bridgehead atoms. The molecule has 2 unspecified atom stereocenters. The molecule has 0 aliphatic carbocycles. The fourth-order valence-electron chi connectivity index (χ4n) is 0.641. The molecular weight excluding hydrogens is 140 g/mol. The molecule has 0 spiro atoms. The second kappa shape index (κ2) is 6.62. The molecule has 0 saturated heterocycles. The van der Waals surface area contributed by atoms with Gasteiger partial charge in [0.25, 0.3) is 0 Å². The van der Waals surface area contributed by atoms with Crippen LogP contribution in [0.5, 0.6) is 0 Å². The molecule has 68 valence electrons. The molecule has 0 aromatic heterocycles. The quantitative estimate of drug-likeness (QED) is 0.642. The van der Waals surface area contributed by atoms with E-state index in [-0.39, 0.29) is 6.10 Å². The van der Waals surface area contributed by atoms with Gasteiger partial charge in [0, 0.05) is 6.61 Å². The maximum Gasteiger partial charge on any atom is 0.0771 e. The number of aliphatic hydroxyl groups is 1. The van der Waals surface area contributed by atoms with Gasteiger partial charge in [-0.1, -0.05) is 27.2 Å². The SMILES string of the molecule is CCC(C)COCC(O)CC. The fourth-order valence-corrected chi connectivity index (χ4v) is 0.641. The molecule has 2 atom stereocenters. The topological polar surface area (TPSA) is 29.5 Å². The summed E-state index contributed by atoms with van der Waals surface area (Å²) in [5, 5.41) is 9.12. The van der Waals surface area contributed by atoms with Crippen LogP contribution in [0.4, 0.5) is 0 Å². The summed E-state index contributed by atoms with van der Waals surface area (Å²) < 4.78 is 5.29. The molecule has 0 aliphatic rings. The predicted octanol–water partition coefficient (Wildman–Crippen LogP) is 1.82. The van der Waals surface area contributed by atoms with Gasteiger partial charge in [-0.05, 0) is 12.3 Å². The maximum atomic E-state index is 9.12. The van der Waals surface area contributed by atoms with E-state index in [0.29, 0.717) is 12.5 Å². The molecule has 0 aromatic rings. The zero-order valence-corrected chi connectivity index (χ0v) is 7.84. The van der Waals surface area contributed by atoms with E-state index in [1.54, 1.807) is 0 Å². The van der Waals surface area contributed by atoms with Crippen LogP contribution in [0.3, 0.4) is 0 Å². The van der Waals surface area contributed by atoms with Gasteiger partial charge in [-0.15, -0.1) is 0 Å². The lowest BCUT2D eigenvalue weighted by Crippen LogP contribution is -2.16. The van der Waals surface area contributed by atoms with Crippen LogP contribution < -0.4 is 0 Å². The summed E-state index contributed by atoms with van der Waals surface area (Å²) in [6.45, 7) is 7.51. The Balaban J connectivity index is 3.13. The minimum atomic E-state index is -0.279. The van der Waals surface area contributed by atoms with Crippen LogP contribution >= 0.6 is 0 Å². The highest BCUT2D eigenvalue weighted by Gasteiger charge is 2.02. The monoisotopic (exact) mass is 160 g/mol. The Kier molecular flexibility index (Phi) is 6.57. The van der Waals surface area contributed by atoms with Gasteiger partial charge in [0.05, 0.1) is 12.7 Å². The van der Waals surface area contributed by atoms with Crippen LogP contribution in [0.25, 0.3) is 0 Å². The lowest BCUT2D eigenvalue weighted by atomic mass is 10.1. The Morgan fingerprint density at radius 1 is 1.18 bits per heavy atom. The molecule has 2 heteroatoms. The van der Waals surface area contributed by atoms with Crippen LogP contribution in [0.15, 0.2) is 0 Å². The molecule has 0 fully saturated rings. The third-order valence-electron chi connectivity index (χ3n) is 1.88. The molecule has 2 nitrogen and oxygen atoms in total. The van der Waals surface area contributed by atoms with Gasteiger partial charge in [0.15, 0.2) is 0 Å². The first-order chi connectivity index (χ1) is 5.20. The van der Waals surface area contributed by atoms with Gasteiger partial charge < -0.3 is 9.84 Å². The third kappa shape index (κ3) is 6.32. The Morgan fingerprint density at radius 2 is 1.82 bits per heavy atom. The average molecular weight is 160 g/mol. The molecule has 0 radical (unpaired) electrons. The van der Waals surface area contributed by atoms with Crippen molar-refractivity contribution in [3.05, 3.63) is 0 Å². The van der Waals surface area contributed by atoms with Crippen molar-refractivity contribution in [2.24, 2.45) is 5.92 Å². The Hall–Kier alpha value is -0.0800. The molecule has 0 aromatic carbocycles. The van der Waals surface area contributed by atoms with Crippen LogP contribution in [0.1, 0.15) is 33.6 Å². The van der Waals surface area contributed by atoms with E-state index in [4.69, 9.17) is 9.84 Å². The van der Waals surface area contributed by atoms with Crippen LogP contribution in [0.2, 0.25) is 0 Å². The number of rotatable bonds is 6. The smallest absolute Gasteiger partial charge is 0.0771 e. The van der Waals surface area contributed by atoms with Crippen molar-refractivity contribution in [1.82, 2.24) is 0 Å². The molecular formula is C9H20O2. The van der Waals surface area contributed by atoms with E-state index >= 15 is 0 Å². The highest BCUT2D eigenvalue weighted by Crippen LogP contribution is 2.01. The van der Waals surface area contributed by atoms with Crippen LogP contribution in [0, 0.1) is 5.92 Å². The van der Waals surface area contributed by atoms with Crippen LogP contribution in [-0.4, -0.2) is 24.4 Å². The van der Waals surface area contributed by atoms with Gasteiger partial charge in [0.1, 0.15) is 0 Å². The molecule has 0 heterocycles. The summed E-state index contributed by atoms with van der Waals surface area (Å²) in [7, 11) is 0. The summed E-state index contributed by atoms with van der Waals surface area (Å²) in [6.07, 6.45) is 1.64. The van der Waals surface area contributed by atoms with Crippen molar-refractivity contribution in [1.29, 1.82) is 0 Å². The van der Waals surface area contributed by atoms with E-state index in [0.717, 1.165) is 19.4 Å². The zero-order valence-electron chi connectivity index (χ0n) is 7.84. The van der Waals surface area contributed by atoms with Crippen molar-refractivity contribution in [2.75, 3.05) is 13.2 Å². The lowest BCUT2D eigenvalue weighted by molar-refractivity contribution is 0.0216. The van der Waals surface area contributed by atoms with Crippen molar-refractivity contribution in [2.45, 2.75) is 39.7 Å². The van der Waals surface area contributed by atoms with Gasteiger partial charge in [-0.2, -0.15) is 0 Å². The lowest BCUT2D eigenvalue weighted by Gasteiger charge is -2.11. The average Bonchev–Trinajstić information content (AvgIpc) is 2.04. The van der Waals surface area contributed by atoms with Crippen molar-refractivity contribution >= 4 is 0 Å². The normalized spacial score (nSPS) is 16.4. The van der Waals surface area contributed by atoms with Crippen molar-refractivity contribution < 1.29 is 9.84 Å².